The average Bonchev–Trinajstić information content (AvgIpc) is 2.02. The van der Waals surface area contributed by atoms with Crippen LogP contribution in [0.25, 0.3) is 0 Å². The largest absolute Gasteiger partial charge is 0.375 e. The third-order valence-electron chi connectivity index (χ3n) is 2.87. The highest BCUT2D eigenvalue weighted by Crippen LogP contribution is 2.33. The first kappa shape index (κ1) is 10.7. The van der Waals surface area contributed by atoms with E-state index in [1.165, 1.54) is 0 Å². The summed E-state index contributed by atoms with van der Waals surface area (Å²) in [4.78, 5) is 13.1. The second-order valence-corrected chi connectivity index (χ2v) is 4.65. The van der Waals surface area contributed by atoms with Crippen LogP contribution in [0.3, 0.4) is 0 Å². The monoisotopic (exact) mass is 185 g/mol. The summed E-state index contributed by atoms with van der Waals surface area (Å²) in [5.74, 6) is 0. The Kier molecular flexibility index (Phi) is 2.78. The van der Waals surface area contributed by atoms with Crippen molar-refractivity contribution in [2.45, 2.75) is 37.8 Å². The van der Waals surface area contributed by atoms with Gasteiger partial charge >= 0.3 is 0 Å². The third kappa shape index (κ3) is 2.09. The topological polar surface area (TPSA) is 29.5 Å². The van der Waals surface area contributed by atoms with E-state index in [0.717, 1.165) is 19.1 Å². The lowest BCUT2D eigenvalue weighted by molar-refractivity contribution is -0.138. The number of hydrogen-bond donors (Lipinski definition) is 0. The van der Waals surface area contributed by atoms with E-state index in [1.807, 2.05) is 32.8 Å². The smallest absolute Gasteiger partial charge is 0.140 e. The molecule has 0 radical (unpaired) electrons. The number of rotatable bonds is 2. The fourth-order valence-corrected chi connectivity index (χ4v) is 1.97. The van der Waals surface area contributed by atoms with Crippen molar-refractivity contribution in [2.75, 3.05) is 20.7 Å². The molecule has 3 heteroatoms. The van der Waals surface area contributed by atoms with Gasteiger partial charge in [0, 0.05) is 13.0 Å². The molecule has 1 fully saturated rings. The Morgan fingerprint density at radius 2 is 2.00 bits per heavy atom. The van der Waals surface area contributed by atoms with Crippen molar-refractivity contribution in [3.05, 3.63) is 0 Å². The van der Waals surface area contributed by atoms with Crippen molar-refractivity contribution in [3.8, 4) is 0 Å². The van der Waals surface area contributed by atoms with Crippen molar-refractivity contribution in [1.82, 2.24) is 4.90 Å². The van der Waals surface area contributed by atoms with Crippen LogP contribution in [0.15, 0.2) is 0 Å². The second-order valence-electron chi connectivity index (χ2n) is 4.65. The van der Waals surface area contributed by atoms with E-state index in [0.29, 0.717) is 6.61 Å². The lowest BCUT2D eigenvalue weighted by atomic mass is 9.81. The molecule has 0 spiro atoms. The highest BCUT2D eigenvalue weighted by Gasteiger charge is 2.42. The van der Waals surface area contributed by atoms with Gasteiger partial charge in [-0.2, -0.15) is 0 Å². The first-order valence-electron chi connectivity index (χ1n) is 4.70. The molecule has 0 aromatic heterocycles. The molecular weight excluding hydrogens is 166 g/mol. The molecule has 0 aromatic rings. The lowest BCUT2D eigenvalue weighted by Crippen LogP contribution is -2.55. The lowest BCUT2D eigenvalue weighted by Gasteiger charge is -2.45. The van der Waals surface area contributed by atoms with Gasteiger partial charge in [-0.05, 0) is 34.4 Å². The highest BCUT2D eigenvalue weighted by molar-refractivity contribution is 5.64. The molecule has 0 amide bonds. The van der Waals surface area contributed by atoms with Gasteiger partial charge in [0.25, 0.3) is 0 Å². The summed E-state index contributed by atoms with van der Waals surface area (Å²) in [6.07, 6.45) is 2.64. The molecule has 76 valence electrons. The number of hydrogen-bond acceptors (Lipinski definition) is 3. The normalized spacial score (nSPS) is 33.3. The minimum atomic E-state index is -0.318. The van der Waals surface area contributed by atoms with E-state index >= 15 is 0 Å². The first-order chi connectivity index (χ1) is 5.92. The number of ether oxygens (including phenoxy) is 1. The molecule has 3 nitrogen and oxygen atoms in total. The van der Waals surface area contributed by atoms with E-state index in [1.54, 1.807) is 0 Å². The first-order valence-corrected chi connectivity index (χ1v) is 4.70. The number of nitrogens with zero attached hydrogens (tertiary/aromatic N) is 1. The number of aldehydes is 1. The number of carbonyl (C=O) groups excluding carboxylic acids is 1. The standard InChI is InChI=1S/C10H19NO2/c1-9(2)7-10(8-12,11(3)4)5-6-13-9/h8H,5-7H2,1-4H3. The van der Waals surface area contributed by atoms with Gasteiger partial charge in [-0.3, -0.25) is 4.90 Å². The summed E-state index contributed by atoms with van der Waals surface area (Å²) < 4.78 is 5.59. The molecule has 1 aliphatic rings. The zero-order chi connectivity index (χ0) is 10.1. The van der Waals surface area contributed by atoms with Crippen LogP contribution in [-0.2, 0) is 9.53 Å². The van der Waals surface area contributed by atoms with Gasteiger partial charge in [-0.1, -0.05) is 0 Å². The predicted molar refractivity (Wildman–Crippen MR) is 51.7 cm³/mol. The molecule has 0 aromatic carbocycles. The maximum Gasteiger partial charge on any atom is 0.140 e. The summed E-state index contributed by atoms with van der Waals surface area (Å²) in [6, 6.07) is 0. The Hall–Kier alpha value is -0.410. The fourth-order valence-electron chi connectivity index (χ4n) is 1.97. The molecule has 0 aliphatic carbocycles. The minimum absolute atomic E-state index is 0.177. The third-order valence-corrected chi connectivity index (χ3v) is 2.87. The van der Waals surface area contributed by atoms with Crippen molar-refractivity contribution >= 4 is 6.29 Å². The van der Waals surface area contributed by atoms with Gasteiger partial charge in [-0.15, -0.1) is 0 Å². The van der Waals surface area contributed by atoms with Crippen molar-refractivity contribution in [2.24, 2.45) is 0 Å². The molecular formula is C10H19NO2. The fraction of sp³-hybridized carbons (Fsp3) is 0.900. The minimum Gasteiger partial charge on any atom is -0.375 e. The Morgan fingerprint density at radius 1 is 1.38 bits per heavy atom. The Labute approximate surface area is 80.1 Å². The van der Waals surface area contributed by atoms with Crippen LogP contribution in [0, 0.1) is 0 Å². The van der Waals surface area contributed by atoms with E-state index in [2.05, 4.69) is 0 Å². The summed E-state index contributed by atoms with van der Waals surface area (Å²) >= 11 is 0. The molecule has 1 rings (SSSR count). The van der Waals surface area contributed by atoms with Crippen LogP contribution in [0.5, 0.6) is 0 Å². The van der Waals surface area contributed by atoms with Crippen LogP contribution in [0.4, 0.5) is 0 Å². The van der Waals surface area contributed by atoms with Crippen LogP contribution in [0.1, 0.15) is 26.7 Å². The quantitative estimate of drug-likeness (QED) is 0.603. The molecule has 0 saturated carbocycles. The SMILES string of the molecule is CN(C)C1(C=O)CCOC(C)(C)C1. The van der Waals surface area contributed by atoms with Crippen molar-refractivity contribution in [3.63, 3.8) is 0 Å². The molecule has 1 aliphatic heterocycles. The van der Waals surface area contributed by atoms with Gasteiger partial charge in [0.2, 0.25) is 0 Å². The Morgan fingerprint density at radius 3 is 2.31 bits per heavy atom. The molecule has 1 unspecified atom stereocenters. The molecule has 1 heterocycles. The maximum atomic E-state index is 11.1. The van der Waals surface area contributed by atoms with Gasteiger partial charge in [0.1, 0.15) is 6.29 Å². The predicted octanol–water partition coefficient (Wildman–Crippen LogP) is 1.07. The molecule has 1 saturated heterocycles. The molecule has 0 N–H and O–H groups in total. The summed E-state index contributed by atoms with van der Waals surface area (Å²) in [7, 11) is 3.91. The van der Waals surface area contributed by atoms with E-state index in [9.17, 15) is 4.79 Å². The summed E-state index contributed by atoms with van der Waals surface area (Å²) in [5, 5.41) is 0. The molecule has 0 bridgehead atoms. The van der Waals surface area contributed by atoms with Crippen LogP contribution in [-0.4, -0.2) is 43.0 Å². The summed E-state index contributed by atoms with van der Waals surface area (Å²) in [6.45, 7) is 4.74. The zero-order valence-electron chi connectivity index (χ0n) is 8.96. The van der Waals surface area contributed by atoms with Crippen molar-refractivity contribution < 1.29 is 9.53 Å². The van der Waals surface area contributed by atoms with Crippen LogP contribution >= 0.6 is 0 Å². The Balaban J connectivity index is 2.82. The zero-order valence-corrected chi connectivity index (χ0v) is 8.96. The van der Waals surface area contributed by atoms with E-state index in [-0.39, 0.29) is 11.1 Å². The van der Waals surface area contributed by atoms with Gasteiger partial charge in [0.15, 0.2) is 0 Å². The maximum absolute atomic E-state index is 11.1. The molecule has 13 heavy (non-hydrogen) atoms. The Bertz CT molecular complexity index is 201. The van der Waals surface area contributed by atoms with E-state index < -0.39 is 0 Å². The summed E-state index contributed by atoms with van der Waals surface area (Å²) in [5.41, 5.74) is -0.495. The van der Waals surface area contributed by atoms with Crippen LogP contribution in [0.2, 0.25) is 0 Å². The number of carbonyl (C=O) groups is 1. The van der Waals surface area contributed by atoms with Crippen LogP contribution < -0.4 is 0 Å². The van der Waals surface area contributed by atoms with Gasteiger partial charge in [-0.25, -0.2) is 0 Å². The van der Waals surface area contributed by atoms with Gasteiger partial charge in [0.05, 0.1) is 11.1 Å². The molecule has 1 atom stereocenters. The second kappa shape index (κ2) is 3.39. The van der Waals surface area contributed by atoms with Gasteiger partial charge < -0.3 is 9.53 Å². The average molecular weight is 185 g/mol. The van der Waals surface area contributed by atoms with Crippen molar-refractivity contribution in [1.29, 1.82) is 0 Å². The highest BCUT2D eigenvalue weighted by atomic mass is 16.5. The number of likely N-dealkylation sites (N-methyl/N-ethyl adjacent to an activating group) is 1. The van der Waals surface area contributed by atoms with E-state index in [4.69, 9.17) is 4.74 Å².